The van der Waals surface area contributed by atoms with Crippen LogP contribution in [0.1, 0.15) is 66.2 Å². The molecule has 1 heterocycles. The zero-order chi connectivity index (χ0) is 14.0. The normalized spacial score (nSPS) is 41.1. The summed E-state index contributed by atoms with van der Waals surface area (Å²) in [6.45, 7) is 11.7. The van der Waals surface area contributed by atoms with Gasteiger partial charge in [0.25, 0.3) is 0 Å². The summed E-state index contributed by atoms with van der Waals surface area (Å²) in [6.07, 6.45) is 8.23. The molecule has 1 aliphatic carbocycles. The first-order valence-electron chi connectivity index (χ1n) is 8.43. The molecule has 0 aromatic heterocycles. The smallest absolute Gasteiger partial charge is 0.0337 e. The van der Waals surface area contributed by atoms with Crippen LogP contribution in [0.2, 0.25) is 0 Å². The Kier molecular flexibility index (Phi) is 4.94. The fraction of sp³-hybridized carbons (Fsp3) is 1.00. The van der Waals surface area contributed by atoms with Crippen LogP contribution in [-0.2, 0) is 0 Å². The number of rotatable bonds is 4. The van der Waals surface area contributed by atoms with Crippen LogP contribution >= 0.6 is 0 Å². The van der Waals surface area contributed by atoms with Crippen molar-refractivity contribution in [3.8, 4) is 0 Å². The zero-order valence-corrected chi connectivity index (χ0v) is 13.5. The van der Waals surface area contributed by atoms with Gasteiger partial charge in [-0.3, -0.25) is 4.90 Å². The molecule has 112 valence electrons. The predicted molar refractivity (Wildman–Crippen MR) is 83.1 cm³/mol. The van der Waals surface area contributed by atoms with Gasteiger partial charge in [-0.05, 0) is 50.4 Å². The zero-order valence-electron chi connectivity index (χ0n) is 13.5. The van der Waals surface area contributed by atoms with E-state index in [4.69, 9.17) is 5.73 Å². The van der Waals surface area contributed by atoms with Gasteiger partial charge in [-0.2, -0.15) is 0 Å². The molecule has 1 aliphatic heterocycles. The van der Waals surface area contributed by atoms with Crippen LogP contribution < -0.4 is 5.73 Å². The van der Waals surface area contributed by atoms with Crippen LogP contribution in [0.4, 0.5) is 0 Å². The molecule has 2 rings (SSSR count). The van der Waals surface area contributed by atoms with Crippen LogP contribution in [0, 0.1) is 17.8 Å². The molecule has 1 saturated heterocycles. The van der Waals surface area contributed by atoms with Crippen LogP contribution in [0.25, 0.3) is 0 Å². The molecule has 19 heavy (non-hydrogen) atoms. The van der Waals surface area contributed by atoms with Gasteiger partial charge in [-0.15, -0.1) is 0 Å². The second kappa shape index (κ2) is 6.13. The quantitative estimate of drug-likeness (QED) is 0.841. The minimum Gasteiger partial charge on any atom is -0.329 e. The first kappa shape index (κ1) is 15.3. The number of hydrogen-bond acceptors (Lipinski definition) is 2. The molecule has 1 saturated carbocycles. The van der Waals surface area contributed by atoms with E-state index in [0.717, 1.165) is 30.3 Å². The van der Waals surface area contributed by atoms with Gasteiger partial charge >= 0.3 is 0 Å². The third-order valence-corrected chi connectivity index (χ3v) is 5.50. The summed E-state index contributed by atoms with van der Waals surface area (Å²) < 4.78 is 0. The Morgan fingerprint density at radius 1 is 1.32 bits per heavy atom. The van der Waals surface area contributed by atoms with Gasteiger partial charge in [0.05, 0.1) is 0 Å². The Balaban J connectivity index is 2.08. The van der Waals surface area contributed by atoms with Gasteiger partial charge in [0.15, 0.2) is 0 Å². The Bertz CT molecular complexity index is 289. The summed E-state index contributed by atoms with van der Waals surface area (Å²) in [6, 6.07) is 0.733. The third-order valence-electron chi connectivity index (χ3n) is 5.50. The maximum Gasteiger partial charge on any atom is 0.0337 e. The van der Waals surface area contributed by atoms with E-state index in [1.807, 2.05) is 0 Å². The van der Waals surface area contributed by atoms with Crippen LogP contribution in [0.5, 0.6) is 0 Å². The number of nitrogens with two attached hydrogens (primary N) is 1. The molecule has 0 radical (unpaired) electrons. The second-order valence-electron chi connectivity index (χ2n) is 7.86. The van der Waals surface area contributed by atoms with E-state index in [1.165, 1.54) is 45.1 Å². The summed E-state index contributed by atoms with van der Waals surface area (Å²) >= 11 is 0. The maximum atomic E-state index is 6.28. The lowest BCUT2D eigenvalue weighted by atomic mass is 9.72. The Morgan fingerprint density at radius 3 is 2.58 bits per heavy atom. The van der Waals surface area contributed by atoms with Crippen molar-refractivity contribution >= 4 is 0 Å². The van der Waals surface area contributed by atoms with Crippen molar-refractivity contribution in [2.24, 2.45) is 23.5 Å². The fourth-order valence-corrected chi connectivity index (χ4v) is 4.85. The third kappa shape index (κ3) is 3.33. The maximum absolute atomic E-state index is 6.28. The topological polar surface area (TPSA) is 29.3 Å². The molecule has 2 nitrogen and oxygen atoms in total. The fourth-order valence-electron chi connectivity index (χ4n) is 4.85. The van der Waals surface area contributed by atoms with E-state index < -0.39 is 0 Å². The number of nitrogens with zero attached hydrogens (tertiary/aromatic N) is 1. The first-order chi connectivity index (χ1) is 8.97. The molecule has 0 bridgehead atoms. The van der Waals surface area contributed by atoms with Crippen molar-refractivity contribution in [2.45, 2.75) is 77.8 Å². The molecular weight excluding hydrogens is 232 g/mol. The monoisotopic (exact) mass is 266 g/mol. The second-order valence-corrected chi connectivity index (χ2v) is 7.86. The number of likely N-dealkylation sites (tertiary alicyclic amines) is 1. The van der Waals surface area contributed by atoms with Gasteiger partial charge in [-0.25, -0.2) is 0 Å². The molecule has 2 N–H and O–H groups in total. The lowest BCUT2D eigenvalue weighted by molar-refractivity contribution is 0.0246. The van der Waals surface area contributed by atoms with Crippen molar-refractivity contribution in [3.05, 3.63) is 0 Å². The highest BCUT2D eigenvalue weighted by Gasteiger charge is 2.44. The summed E-state index contributed by atoms with van der Waals surface area (Å²) in [4.78, 5) is 2.78. The van der Waals surface area contributed by atoms with E-state index in [9.17, 15) is 0 Å². The first-order valence-corrected chi connectivity index (χ1v) is 8.43. The summed E-state index contributed by atoms with van der Waals surface area (Å²) in [5, 5.41) is 0. The molecule has 2 fully saturated rings. The average molecular weight is 266 g/mol. The van der Waals surface area contributed by atoms with E-state index in [1.54, 1.807) is 0 Å². The molecule has 0 spiro atoms. The van der Waals surface area contributed by atoms with E-state index >= 15 is 0 Å². The van der Waals surface area contributed by atoms with Crippen molar-refractivity contribution in [1.82, 2.24) is 4.90 Å². The summed E-state index contributed by atoms with van der Waals surface area (Å²) in [5.74, 6) is 2.58. The molecule has 0 amide bonds. The average Bonchev–Trinajstić information content (AvgIpc) is 2.68. The Hall–Kier alpha value is -0.0800. The standard InChI is InChI=1S/C17H34N2/c1-13(2)8-16-6-5-7-17(10-16,12-18)19-11-14(3)9-15(19)4/h13-16H,5-12,18H2,1-4H3. The predicted octanol–water partition coefficient (Wildman–Crippen LogP) is 3.65. The minimum atomic E-state index is 0.321. The SMILES string of the molecule is CC(C)CC1CCCC(CN)(N2CC(C)CC2C)C1. The molecule has 0 aromatic rings. The van der Waals surface area contributed by atoms with Gasteiger partial charge in [0, 0.05) is 24.7 Å². The Morgan fingerprint density at radius 2 is 2.05 bits per heavy atom. The highest BCUT2D eigenvalue weighted by molar-refractivity contribution is 5.01. The van der Waals surface area contributed by atoms with Gasteiger partial charge in [0.1, 0.15) is 0 Å². The van der Waals surface area contributed by atoms with Gasteiger partial charge < -0.3 is 5.73 Å². The van der Waals surface area contributed by atoms with E-state index in [2.05, 4.69) is 32.6 Å². The Labute approximate surface area is 120 Å². The largest absolute Gasteiger partial charge is 0.329 e. The molecule has 4 unspecified atom stereocenters. The van der Waals surface area contributed by atoms with Crippen molar-refractivity contribution in [2.75, 3.05) is 13.1 Å². The molecule has 0 aromatic carbocycles. The van der Waals surface area contributed by atoms with Crippen LogP contribution in [0.15, 0.2) is 0 Å². The molecule has 2 aliphatic rings. The molecule has 4 atom stereocenters. The van der Waals surface area contributed by atoms with E-state index in [-0.39, 0.29) is 0 Å². The molecule has 2 heteroatoms. The van der Waals surface area contributed by atoms with Crippen LogP contribution in [0.3, 0.4) is 0 Å². The number of hydrogen-bond donors (Lipinski definition) is 1. The highest BCUT2D eigenvalue weighted by atomic mass is 15.3. The van der Waals surface area contributed by atoms with Crippen molar-refractivity contribution in [3.63, 3.8) is 0 Å². The van der Waals surface area contributed by atoms with E-state index in [0.29, 0.717) is 5.54 Å². The van der Waals surface area contributed by atoms with Gasteiger partial charge in [-0.1, -0.05) is 33.6 Å². The summed E-state index contributed by atoms with van der Waals surface area (Å²) in [5.41, 5.74) is 6.60. The summed E-state index contributed by atoms with van der Waals surface area (Å²) in [7, 11) is 0. The van der Waals surface area contributed by atoms with Crippen molar-refractivity contribution in [1.29, 1.82) is 0 Å². The van der Waals surface area contributed by atoms with Crippen molar-refractivity contribution < 1.29 is 0 Å². The van der Waals surface area contributed by atoms with Crippen LogP contribution in [-0.4, -0.2) is 29.6 Å². The van der Waals surface area contributed by atoms with Gasteiger partial charge in [0.2, 0.25) is 0 Å². The lowest BCUT2D eigenvalue weighted by Gasteiger charge is -2.49. The lowest BCUT2D eigenvalue weighted by Crippen LogP contribution is -2.57. The molecular formula is C17H34N2. The minimum absolute atomic E-state index is 0.321. The highest BCUT2D eigenvalue weighted by Crippen LogP contribution is 2.42.